The number of benzene rings is 2. The Labute approximate surface area is 170 Å². The van der Waals surface area contributed by atoms with E-state index in [4.69, 9.17) is 5.26 Å². The van der Waals surface area contributed by atoms with Crippen LogP contribution in [0.5, 0.6) is 0 Å². The van der Waals surface area contributed by atoms with E-state index in [0.29, 0.717) is 18.5 Å². The van der Waals surface area contributed by atoms with Crippen LogP contribution in [0, 0.1) is 23.2 Å². The first kappa shape index (κ1) is 20.4. The zero-order chi connectivity index (χ0) is 21.0. The Morgan fingerprint density at radius 2 is 1.90 bits per heavy atom. The summed E-state index contributed by atoms with van der Waals surface area (Å²) in [4.78, 5) is 25.6. The lowest BCUT2D eigenvalue weighted by Crippen LogP contribution is -2.49. The number of carbonyl (C=O) groups excluding carboxylic acids is 1. The Bertz CT molecular complexity index is 933. The first-order chi connectivity index (χ1) is 13.9. The summed E-state index contributed by atoms with van der Waals surface area (Å²) in [5.41, 5.74) is 3.54. The molecule has 3 unspecified atom stereocenters. The van der Waals surface area contributed by atoms with Gasteiger partial charge >= 0.3 is 12.0 Å². The molecule has 3 atom stereocenters. The lowest BCUT2D eigenvalue weighted by atomic mass is 9.91. The summed E-state index contributed by atoms with van der Waals surface area (Å²) in [7, 11) is 0. The number of carboxylic acid groups (broad SMARTS) is 1. The maximum Gasteiger partial charge on any atom is 0.317 e. The van der Waals surface area contributed by atoms with Crippen molar-refractivity contribution in [2.45, 2.75) is 26.3 Å². The average molecular weight is 391 g/mol. The molecule has 0 aliphatic carbocycles. The molecule has 29 heavy (non-hydrogen) atoms. The highest BCUT2D eigenvalue weighted by atomic mass is 16.4. The Morgan fingerprint density at radius 3 is 2.55 bits per heavy atom. The first-order valence-electron chi connectivity index (χ1n) is 9.76. The number of piperidine rings is 1. The minimum absolute atomic E-state index is 0.161. The molecule has 3 rings (SSSR count). The SMILES string of the molecule is CC1CC(C(=O)O)CN(C(=O)NC(C)c2ccc(-c3cccc(C#N)c3)cc2)C1. The lowest BCUT2D eigenvalue weighted by Gasteiger charge is -2.35. The van der Waals surface area contributed by atoms with Crippen molar-refractivity contribution in [2.24, 2.45) is 11.8 Å². The van der Waals surface area contributed by atoms with E-state index < -0.39 is 11.9 Å². The van der Waals surface area contributed by atoms with E-state index in [2.05, 4.69) is 11.4 Å². The molecule has 2 amide bonds. The molecular formula is C23H25N3O3. The van der Waals surface area contributed by atoms with Crippen LogP contribution in [-0.4, -0.2) is 35.1 Å². The highest BCUT2D eigenvalue weighted by molar-refractivity contribution is 5.77. The topological polar surface area (TPSA) is 93.4 Å². The summed E-state index contributed by atoms with van der Waals surface area (Å²) >= 11 is 0. The average Bonchev–Trinajstić information content (AvgIpc) is 2.73. The smallest absolute Gasteiger partial charge is 0.317 e. The highest BCUT2D eigenvalue weighted by Crippen LogP contribution is 2.24. The summed E-state index contributed by atoms with van der Waals surface area (Å²) < 4.78 is 0. The molecule has 0 radical (unpaired) electrons. The number of carbonyl (C=O) groups is 2. The van der Waals surface area contributed by atoms with Crippen molar-refractivity contribution in [1.82, 2.24) is 10.2 Å². The van der Waals surface area contributed by atoms with Crippen molar-refractivity contribution in [2.75, 3.05) is 13.1 Å². The van der Waals surface area contributed by atoms with E-state index in [1.165, 1.54) is 0 Å². The van der Waals surface area contributed by atoms with Gasteiger partial charge in [-0.25, -0.2) is 4.79 Å². The van der Waals surface area contributed by atoms with Crippen LogP contribution in [0.3, 0.4) is 0 Å². The van der Waals surface area contributed by atoms with Crippen molar-refractivity contribution >= 4 is 12.0 Å². The van der Waals surface area contributed by atoms with Gasteiger partial charge in [-0.05, 0) is 48.1 Å². The zero-order valence-corrected chi connectivity index (χ0v) is 16.6. The van der Waals surface area contributed by atoms with Gasteiger partial charge in [0, 0.05) is 13.1 Å². The standard InChI is InChI=1S/C23H25N3O3/c1-15-10-21(22(27)28)14-26(13-15)23(29)25-16(2)18-6-8-19(9-7-18)20-5-3-4-17(11-20)12-24/h3-9,11,15-16,21H,10,13-14H2,1-2H3,(H,25,29)(H,27,28). The second-order valence-corrected chi connectivity index (χ2v) is 7.77. The van der Waals surface area contributed by atoms with Crippen LogP contribution < -0.4 is 5.32 Å². The summed E-state index contributed by atoms with van der Waals surface area (Å²) in [6.45, 7) is 4.69. The van der Waals surface area contributed by atoms with Crippen LogP contribution in [0.4, 0.5) is 4.79 Å². The second-order valence-electron chi connectivity index (χ2n) is 7.77. The molecule has 1 aliphatic heterocycles. The van der Waals surface area contributed by atoms with Crippen LogP contribution >= 0.6 is 0 Å². The second kappa shape index (κ2) is 8.78. The summed E-state index contributed by atoms with van der Waals surface area (Å²) in [6.07, 6.45) is 0.600. The van der Waals surface area contributed by atoms with Gasteiger partial charge in [-0.3, -0.25) is 4.79 Å². The van der Waals surface area contributed by atoms with E-state index in [1.54, 1.807) is 11.0 Å². The third-order valence-electron chi connectivity index (χ3n) is 5.37. The fraction of sp³-hybridized carbons (Fsp3) is 0.348. The van der Waals surface area contributed by atoms with Crippen LogP contribution in [-0.2, 0) is 4.79 Å². The number of hydrogen-bond acceptors (Lipinski definition) is 3. The third-order valence-corrected chi connectivity index (χ3v) is 5.37. The van der Waals surface area contributed by atoms with Gasteiger partial charge in [0.1, 0.15) is 0 Å². The molecule has 6 nitrogen and oxygen atoms in total. The molecule has 0 saturated carbocycles. The Balaban J connectivity index is 1.66. The third kappa shape index (κ3) is 4.94. The van der Waals surface area contributed by atoms with E-state index in [0.717, 1.165) is 16.7 Å². The number of amides is 2. The van der Waals surface area contributed by atoms with Crippen molar-refractivity contribution in [1.29, 1.82) is 5.26 Å². The number of urea groups is 1. The van der Waals surface area contributed by atoms with Crippen LogP contribution in [0.2, 0.25) is 0 Å². The normalized spacial score (nSPS) is 19.8. The Kier molecular flexibility index (Phi) is 6.18. The molecule has 0 aromatic heterocycles. The van der Waals surface area contributed by atoms with Gasteiger partial charge in [-0.15, -0.1) is 0 Å². The number of carboxylic acids is 1. The predicted octanol–water partition coefficient (Wildman–Crippen LogP) is 4.04. The molecule has 0 bridgehead atoms. The fourth-order valence-electron chi connectivity index (χ4n) is 3.79. The van der Waals surface area contributed by atoms with E-state index in [1.807, 2.05) is 56.3 Å². The summed E-state index contributed by atoms with van der Waals surface area (Å²) in [5, 5.41) is 21.3. The molecule has 1 heterocycles. The number of likely N-dealkylation sites (tertiary alicyclic amines) is 1. The Morgan fingerprint density at radius 1 is 1.17 bits per heavy atom. The van der Waals surface area contributed by atoms with Crippen LogP contribution in [0.15, 0.2) is 48.5 Å². The lowest BCUT2D eigenvalue weighted by molar-refractivity contribution is -0.143. The monoisotopic (exact) mass is 391 g/mol. The summed E-state index contributed by atoms with van der Waals surface area (Å²) in [6, 6.07) is 17.0. The van der Waals surface area contributed by atoms with Crippen molar-refractivity contribution in [3.8, 4) is 17.2 Å². The van der Waals surface area contributed by atoms with Crippen LogP contribution in [0.1, 0.15) is 37.4 Å². The van der Waals surface area contributed by atoms with Gasteiger partial charge in [0.15, 0.2) is 0 Å². The maximum atomic E-state index is 12.6. The largest absolute Gasteiger partial charge is 0.481 e. The van der Waals surface area contributed by atoms with E-state index in [-0.39, 0.29) is 24.5 Å². The number of rotatable bonds is 4. The molecule has 2 N–H and O–H groups in total. The minimum atomic E-state index is -0.849. The van der Waals surface area contributed by atoms with Crippen molar-refractivity contribution in [3.63, 3.8) is 0 Å². The van der Waals surface area contributed by atoms with Crippen molar-refractivity contribution < 1.29 is 14.7 Å². The van der Waals surface area contributed by atoms with Gasteiger partial charge in [0.25, 0.3) is 0 Å². The number of nitrogens with zero attached hydrogens (tertiary/aromatic N) is 2. The minimum Gasteiger partial charge on any atom is -0.481 e. The fourth-order valence-corrected chi connectivity index (χ4v) is 3.79. The predicted molar refractivity (Wildman–Crippen MR) is 110 cm³/mol. The quantitative estimate of drug-likeness (QED) is 0.822. The van der Waals surface area contributed by atoms with Gasteiger partial charge in [-0.2, -0.15) is 5.26 Å². The number of hydrogen-bond donors (Lipinski definition) is 2. The summed E-state index contributed by atoms with van der Waals surface area (Å²) in [5.74, 6) is -1.20. The number of nitriles is 1. The number of nitrogens with one attached hydrogen (secondary N) is 1. The molecule has 2 aromatic carbocycles. The molecule has 1 aliphatic rings. The first-order valence-corrected chi connectivity index (χ1v) is 9.76. The number of aliphatic carboxylic acids is 1. The molecule has 6 heteroatoms. The molecule has 1 saturated heterocycles. The Hall–Kier alpha value is -3.33. The zero-order valence-electron chi connectivity index (χ0n) is 16.6. The van der Waals surface area contributed by atoms with Gasteiger partial charge in [0.05, 0.1) is 23.6 Å². The van der Waals surface area contributed by atoms with Gasteiger partial charge in [-0.1, -0.05) is 43.3 Å². The highest BCUT2D eigenvalue weighted by Gasteiger charge is 2.32. The van der Waals surface area contributed by atoms with Crippen molar-refractivity contribution in [3.05, 3.63) is 59.7 Å². The molecule has 150 valence electrons. The molecule has 0 spiro atoms. The van der Waals surface area contributed by atoms with Gasteiger partial charge in [0.2, 0.25) is 0 Å². The molecule has 2 aromatic rings. The van der Waals surface area contributed by atoms with Gasteiger partial charge < -0.3 is 15.3 Å². The molecular weight excluding hydrogens is 366 g/mol. The maximum absolute atomic E-state index is 12.6. The van der Waals surface area contributed by atoms with E-state index >= 15 is 0 Å². The van der Waals surface area contributed by atoms with Crippen LogP contribution in [0.25, 0.3) is 11.1 Å². The molecule has 1 fully saturated rings. The van der Waals surface area contributed by atoms with E-state index in [9.17, 15) is 14.7 Å².